The molecule has 0 aromatic rings. The van der Waals surface area contributed by atoms with Crippen molar-refractivity contribution in [2.75, 3.05) is 7.05 Å². The molecule has 0 saturated heterocycles. The van der Waals surface area contributed by atoms with Gasteiger partial charge >= 0.3 is 48.7 Å². The normalized spacial score (nSPS) is 7.67. The summed E-state index contributed by atoms with van der Waals surface area (Å²) in [6, 6.07) is 0. The number of nitrogens with one attached hydrogen (secondary N) is 1. The summed E-state index contributed by atoms with van der Waals surface area (Å²) in [5, 5.41) is 0. The second kappa shape index (κ2) is 11.6. The molecule has 0 bridgehead atoms. The maximum atomic E-state index is 5.84. The van der Waals surface area contributed by atoms with Gasteiger partial charge in [-0.25, -0.2) is 0 Å². The topological polar surface area (TPSA) is 38.0 Å². The molecule has 0 aromatic heterocycles. The zero-order chi connectivity index (χ0) is 7.70. The van der Waals surface area contributed by atoms with Crippen molar-refractivity contribution in [3.8, 4) is 0 Å². The summed E-state index contributed by atoms with van der Waals surface area (Å²) in [6.45, 7) is 4.36. The van der Waals surface area contributed by atoms with Crippen molar-refractivity contribution in [3.05, 3.63) is 0 Å². The fourth-order valence-corrected chi connectivity index (χ4v) is 1.50. The molecule has 2 nitrogen and oxygen atoms in total. The molecule has 0 radical (unpaired) electrons. The molecule has 0 spiro atoms. The van der Waals surface area contributed by atoms with Crippen molar-refractivity contribution in [3.63, 3.8) is 0 Å². The minimum atomic E-state index is -1.07. The van der Waals surface area contributed by atoms with E-state index in [9.17, 15) is 0 Å². The van der Waals surface area contributed by atoms with Gasteiger partial charge in [0.05, 0.1) is 0 Å². The van der Waals surface area contributed by atoms with Crippen molar-refractivity contribution in [1.82, 2.24) is 5.43 Å². The van der Waals surface area contributed by atoms with Crippen LogP contribution in [0.15, 0.2) is 0 Å². The van der Waals surface area contributed by atoms with E-state index in [0.717, 1.165) is 0 Å². The predicted molar refractivity (Wildman–Crippen MR) is 45.8 cm³/mol. The Morgan fingerprint density at radius 2 is 1.67 bits per heavy atom. The Balaban J connectivity index is 0. The SMILES string of the molecule is CNN.C[CH2][Ga]([Cl])[CH2]C. The van der Waals surface area contributed by atoms with E-state index in [1.807, 2.05) is 0 Å². The van der Waals surface area contributed by atoms with Crippen LogP contribution in [0, 0.1) is 0 Å². The first-order valence-corrected chi connectivity index (χ1v) is 9.85. The molecule has 0 aliphatic carbocycles. The van der Waals surface area contributed by atoms with Gasteiger partial charge in [0.25, 0.3) is 0 Å². The van der Waals surface area contributed by atoms with Crippen LogP contribution in [0.5, 0.6) is 0 Å². The van der Waals surface area contributed by atoms with E-state index in [1.165, 1.54) is 9.95 Å². The molecule has 0 heterocycles. The van der Waals surface area contributed by atoms with E-state index in [1.54, 1.807) is 7.05 Å². The van der Waals surface area contributed by atoms with E-state index >= 15 is 0 Å². The van der Waals surface area contributed by atoms with Crippen molar-refractivity contribution in [2.45, 2.75) is 23.8 Å². The molecule has 0 fully saturated rings. The van der Waals surface area contributed by atoms with Crippen LogP contribution in [0.3, 0.4) is 0 Å². The van der Waals surface area contributed by atoms with E-state index in [0.29, 0.717) is 0 Å². The van der Waals surface area contributed by atoms with Gasteiger partial charge in [-0.15, -0.1) is 0 Å². The fraction of sp³-hybridized carbons (Fsp3) is 1.00. The molecule has 4 heteroatoms. The number of nitrogens with two attached hydrogens (primary N) is 1. The minimum absolute atomic E-state index is 1.07. The fourth-order valence-electron chi connectivity index (χ4n) is 0.289. The van der Waals surface area contributed by atoms with Gasteiger partial charge in [0.1, 0.15) is 0 Å². The summed E-state index contributed by atoms with van der Waals surface area (Å²) < 4.78 is 0. The van der Waals surface area contributed by atoms with E-state index < -0.39 is 15.2 Å². The van der Waals surface area contributed by atoms with Gasteiger partial charge in [0.2, 0.25) is 0 Å². The van der Waals surface area contributed by atoms with Crippen LogP contribution in [0.4, 0.5) is 0 Å². The first kappa shape index (κ1) is 12.5. The third kappa shape index (κ3) is 17.7. The Labute approximate surface area is 67.2 Å². The van der Waals surface area contributed by atoms with E-state index in [-0.39, 0.29) is 0 Å². The van der Waals surface area contributed by atoms with Crippen molar-refractivity contribution >= 4 is 24.9 Å². The number of rotatable bonds is 2. The molecule has 56 valence electrons. The molecular formula is C5H16ClGaN2. The van der Waals surface area contributed by atoms with Crippen LogP contribution in [-0.4, -0.2) is 22.3 Å². The second-order valence-corrected chi connectivity index (χ2v) is 10.8. The second-order valence-electron chi connectivity index (χ2n) is 1.70. The summed E-state index contributed by atoms with van der Waals surface area (Å²) >= 11 is -1.07. The van der Waals surface area contributed by atoms with Gasteiger partial charge in [-0.05, 0) is 7.05 Å². The summed E-state index contributed by atoms with van der Waals surface area (Å²) in [4.78, 5) is 2.57. The zero-order valence-corrected chi connectivity index (χ0v) is 9.63. The molecule has 0 aromatic carbocycles. The summed E-state index contributed by atoms with van der Waals surface area (Å²) in [5.74, 6) is 4.60. The standard InChI is InChI=1S/2C2H5.CH6N2.ClH.Ga/c2*1-2;1-3-2;;/h2*1H2,2H3;3H,2H2,1H3;1H;/q;;;;+1/p-1. The molecule has 9 heavy (non-hydrogen) atoms. The van der Waals surface area contributed by atoms with Crippen LogP contribution in [-0.2, 0) is 0 Å². The molecule has 0 amide bonds. The molecule has 0 aliphatic heterocycles. The Morgan fingerprint density at radius 3 is 1.67 bits per heavy atom. The first-order valence-electron chi connectivity index (χ1n) is 3.24. The average Bonchev–Trinajstić information content (AvgIpc) is 1.88. The van der Waals surface area contributed by atoms with Gasteiger partial charge in [0, 0.05) is 0 Å². The van der Waals surface area contributed by atoms with Crippen molar-refractivity contribution in [1.29, 1.82) is 0 Å². The van der Waals surface area contributed by atoms with E-state index in [2.05, 4.69) is 25.1 Å². The van der Waals surface area contributed by atoms with Gasteiger partial charge in [-0.2, -0.15) is 0 Å². The molecule has 3 N–H and O–H groups in total. The molecule has 0 aliphatic rings. The van der Waals surface area contributed by atoms with Gasteiger partial charge in [-0.3, -0.25) is 11.3 Å². The average molecular weight is 209 g/mol. The van der Waals surface area contributed by atoms with Crippen LogP contribution in [0.2, 0.25) is 9.95 Å². The Morgan fingerprint density at radius 1 is 1.44 bits per heavy atom. The Bertz CT molecular complexity index is 41.9. The van der Waals surface area contributed by atoms with Gasteiger partial charge < -0.3 is 0 Å². The van der Waals surface area contributed by atoms with E-state index in [4.69, 9.17) is 9.64 Å². The van der Waals surface area contributed by atoms with Gasteiger partial charge in [0.15, 0.2) is 0 Å². The predicted octanol–water partition coefficient (Wildman–Crippen LogP) is 1.34. The summed E-state index contributed by atoms with van der Waals surface area (Å²) in [6.07, 6.45) is 0. The molecule has 0 atom stereocenters. The van der Waals surface area contributed by atoms with Crippen LogP contribution < -0.4 is 11.3 Å². The maximum absolute atomic E-state index is 5.84. The summed E-state index contributed by atoms with van der Waals surface area (Å²) in [7, 11) is 7.49. The van der Waals surface area contributed by atoms with Crippen LogP contribution in [0.1, 0.15) is 13.8 Å². The third-order valence-electron chi connectivity index (χ3n) is 0.886. The van der Waals surface area contributed by atoms with Crippen molar-refractivity contribution < 1.29 is 0 Å². The number of hydrazine groups is 1. The Kier molecular flexibility index (Phi) is 16.2. The molecule has 0 saturated carbocycles. The molecule has 0 rings (SSSR count). The molecular weight excluding hydrogens is 193 g/mol. The monoisotopic (exact) mass is 208 g/mol. The van der Waals surface area contributed by atoms with Crippen LogP contribution >= 0.6 is 9.64 Å². The third-order valence-corrected chi connectivity index (χ3v) is 7.81. The van der Waals surface area contributed by atoms with Gasteiger partial charge in [-0.1, -0.05) is 0 Å². The number of halogens is 1. The zero-order valence-electron chi connectivity index (χ0n) is 6.45. The number of hydrogen-bond donors (Lipinski definition) is 2. The quantitative estimate of drug-likeness (QED) is 0.409. The summed E-state index contributed by atoms with van der Waals surface area (Å²) in [5.41, 5.74) is 2.25. The van der Waals surface area contributed by atoms with Crippen LogP contribution in [0.25, 0.3) is 0 Å². The first-order chi connectivity index (χ1) is 4.22. The molecule has 0 unspecified atom stereocenters. The van der Waals surface area contributed by atoms with Crippen molar-refractivity contribution in [2.24, 2.45) is 5.84 Å². The number of hydrogen-bond acceptors (Lipinski definition) is 2. The Hall–Kier alpha value is 0.846.